The first-order valence-corrected chi connectivity index (χ1v) is 27.2. The number of rotatable bonds is 12. The SMILES string of the molecule is C[C@H]1CN(C(=O)C[C@H](N)C(=O)N2Cc3ccccc3C2)CCN1C(c1ccc(F)cc1)c1ccc(F)cc1.C[C@H]1CN(C(=O)C[C@H](N)C(=O)N2Cc3ccccc3C2)CCN1C(c1ccc(F)cc1)c1ccc(F)cc1.O=C(O)C(F)(F)F. The molecule has 2 saturated heterocycles. The Labute approximate surface area is 476 Å². The van der Waals surface area contributed by atoms with E-state index in [1.165, 1.54) is 48.5 Å². The van der Waals surface area contributed by atoms with Gasteiger partial charge in [-0.2, -0.15) is 13.2 Å². The summed E-state index contributed by atoms with van der Waals surface area (Å²) in [4.78, 5) is 72.6. The monoisotopic (exact) mass is 1150 g/mol. The van der Waals surface area contributed by atoms with Crippen molar-refractivity contribution < 1.29 is 59.8 Å². The van der Waals surface area contributed by atoms with E-state index in [9.17, 15) is 49.9 Å². The minimum absolute atomic E-state index is 0.0344. The Morgan fingerprint density at radius 2 is 0.711 bits per heavy atom. The van der Waals surface area contributed by atoms with E-state index in [1.807, 2.05) is 62.4 Å². The molecule has 0 spiro atoms. The van der Waals surface area contributed by atoms with Gasteiger partial charge in [-0.1, -0.05) is 97.1 Å². The van der Waals surface area contributed by atoms with Crippen molar-refractivity contribution in [2.45, 2.75) is 95.3 Å². The third kappa shape index (κ3) is 15.4. The number of aliphatic carboxylic acids is 1. The van der Waals surface area contributed by atoms with E-state index in [2.05, 4.69) is 9.80 Å². The zero-order valence-corrected chi connectivity index (χ0v) is 45.8. The largest absolute Gasteiger partial charge is 0.490 e. The Kier molecular flexibility index (Phi) is 19.8. The molecule has 6 aromatic carbocycles. The molecule has 438 valence electrons. The molecule has 4 aliphatic rings. The van der Waals surface area contributed by atoms with Crippen LogP contribution in [0.3, 0.4) is 0 Å². The highest BCUT2D eigenvalue weighted by molar-refractivity contribution is 5.89. The van der Waals surface area contributed by atoms with Crippen LogP contribution in [0.25, 0.3) is 0 Å². The van der Waals surface area contributed by atoms with Gasteiger partial charge in [0.05, 0.1) is 37.0 Å². The lowest BCUT2D eigenvalue weighted by Gasteiger charge is -2.44. The van der Waals surface area contributed by atoms with E-state index in [0.717, 1.165) is 44.5 Å². The Hall–Kier alpha value is -7.98. The molecule has 0 aliphatic carbocycles. The van der Waals surface area contributed by atoms with Crippen molar-refractivity contribution >= 4 is 29.6 Å². The number of piperazine rings is 2. The number of halogens is 7. The summed E-state index contributed by atoms with van der Waals surface area (Å²) in [6, 6.07) is 38.9. The van der Waals surface area contributed by atoms with Crippen LogP contribution in [-0.4, -0.2) is 134 Å². The highest BCUT2D eigenvalue weighted by atomic mass is 19.4. The zero-order valence-electron chi connectivity index (χ0n) is 45.8. The number of carbonyl (C=O) groups excluding carboxylic acids is 4. The van der Waals surface area contributed by atoms with E-state index in [1.54, 1.807) is 68.1 Å². The van der Waals surface area contributed by atoms with Gasteiger partial charge in [-0.25, -0.2) is 22.4 Å². The Morgan fingerprint density at radius 1 is 0.458 bits per heavy atom. The number of amides is 4. The van der Waals surface area contributed by atoms with Crippen LogP contribution in [0.2, 0.25) is 0 Å². The van der Waals surface area contributed by atoms with Gasteiger partial charge >= 0.3 is 12.1 Å². The maximum atomic E-state index is 13.6. The summed E-state index contributed by atoms with van der Waals surface area (Å²) in [6.07, 6.45) is -5.17. The number of carbonyl (C=O) groups is 5. The topological polar surface area (TPSA) is 177 Å². The average molecular weight is 1150 g/mol. The number of benzene rings is 6. The van der Waals surface area contributed by atoms with E-state index in [-0.39, 0.29) is 83.9 Å². The zero-order chi connectivity index (χ0) is 59.7. The Bertz CT molecular complexity index is 2880. The molecule has 4 heterocycles. The number of carboxylic acid groups (broad SMARTS) is 1. The first-order chi connectivity index (χ1) is 39.5. The lowest BCUT2D eigenvalue weighted by atomic mass is 9.94. The predicted octanol–water partition coefficient (Wildman–Crippen LogP) is 8.33. The smallest absolute Gasteiger partial charge is 0.475 e. The Balaban J connectivity index is 0.000000195. The normalized spacial score (nSPS) is 17.9. The van der Waals surface area contributed by atoms with Gasteiger partial charge in [0.1, 0.15) is 23.3 Å². The number of nitrogens with two attached hydrogens (primary N) is 2. The van der Waals surface area contributed by atoms with Gasteiger partial charge in [-0.3, -0.25) is 29.0 Å². The van der Waals surface area contributed by atoms with Crippen molar-refractivity contribution in [2.24, 2.45) is 11.5 Å². The van der Waals surface area contributed by atoms with Crippen molar-refractivity contribution in [3.63, 3.8) is 0 Å². The van der Waals surface area contributed by atoms with Crippen LogP contribution in [0, 0.1) is 23.3 Å². The predicted molar refractivity (Wildman–Crippen MR) is 295 cm³/mol. The minimum Gasteiger partial charge on any atom is -0.475 e. The molecule has 4 atom stereocenters. The van der Waals surface area contributed by atoms with Crippen LogP contribution in [0.15, 0.2) is 146 Å². The molecule has 83 heavy (non-hydrogen) atoms. The van der Waals surface area contributed by atoms with Gasteiger partial charge in [-0.15, -0.1) is 0 Å². The molecule has 21 heteroatoms. The maximum Gasteiger partial charge on any atom is 0.490 e. The highest BCUT2D eigenvalue weighted by Crippen LogP contribution is 2.35. The van der Waals surface area contributed by atoms with Crippen LogP contribution in [-0.2, 0) is 50.2 Å². The summed E-state index contributed by atoms with van der Waals surface area (Å²) in [5.74, 6) is -4.76. The van der Waals surface area contributed by atoms with Crippen LogP contribution < -0.4 is 11.5 Å². The van der Waals surface area contributed by atoms with Crippen molar-refractivity contribution in [1.82, 2.24) is 29.4 Å². The number of alkyl halides is 3. The van der Waals surface area contributed by atoms with Gasteiger partial charge in [0.2, 0.25) is 23.6 Å². The number of hydrogen-bond acceptors (Lipinski definition) is 9. The van der Waals surface area contributed by atoms with E-state index < -0.39 is 24.2 Å². The maximum absolute atomic E-state index is 13.6. The summed E-state index contributed by atoms with van der Waals surface area (Å²) < 4.78 is 86.3. The molecule has 0 saturated carbocycles. The van der Waals surface area contributed by atoms with Gasteiger partial charge in [0.25, 0.3) is 0 Å². The molecule has 0 radical (unpaired) electrons. The number of nitrogens with zero attached hydrogens (tertiary/aromatic N) is 6. The van der Waals surface area contributed by atoms with E-state index >= 15 is 0 Å². The number of carboxylic acids is 1. The van der Waals surface area contributed by atoms with Gasteiger partial charge in [-0.05, 0) is 107 Å². The fraction of sp³-hybridized carbons (Fsp3) is 0.339. The minimum atomic E-state index is -5.08. The molecular formula is C62H65F7N8O6. The van der Waals surface area contributed by atoms with Crippen molar-refractivity contribution in [2.75, 3.05) is 39.3 Å². The molecule has 6 aromatic rings. The molecule has 0 unspecified atom stereocenters. The molecule has 0 bridgehead atoms. The summed E-state index contributed by atoms with van der Waals surface area (Å²) >= 11 is 0. The quantitative estimate of drug-likeness (QED) is 0.101. The van der Waals surface area contributed by atoms with Crippen LogP contribution in [0.4, 0.5) is 30.7 Å². The highest BCUT2D eigenvalue weighted by Gasteiger charge is 2.39. The van der Waals surface area contributed by atoms with Crippen LogP contribution in [0.1, 0.15) is 83.3 Å². The molecule has 0 aromatic heterocycles. The fourth-order valence-corrected chi connectivity index (χ4v) is 11.2. The average Bonchev–Trinajstić information content (AvgIpc) is 4.21. The lowest BCUT2D eigenvalue weighted by molar-refractivity contribution is -0.192. The molecular weight excluding hydrogens is 1090 g/mol. The molecule has 4 amide bonds. The lowest BCUT2D eigenvalue weighted by Crippen LogP contribution is -2.55. The molecule has 14 nitrogen and oxygen atoms in total. The number of hydrogen-bond donors (Lipinski definition) is 3. The fourth-order valence-electron chi connectivity index (χ4n) is 11.2. The summed E-state index contributed by atoms with van der Waals surface area (Å²) in [5.41, 5.74) is 20.5. The first-order valence-electron chi connectivity index (χ1n) is 27.2. The summed E-state index contributed by atoms with van der Waals surface area (Å²) in [7, 11) is 0. The van der Waals surface area contributed by atoms with Crippen molar-refractivity contribution in [1.29, 1.82) is 0 Å². The third-order valence-corrected chi connectivity index (χ3v) is 15.4. The summed E-state index contributed by atoms with van der Waals surface area (Å²) in [6.45, 7) is 9.13. The standard InChI is InChI=1S/2C30H32F2N4O2.C2HF3O2/c2*1-20-17-34(28(37)16-27(33)30(38)35-18-23-4-2-3-5-24(23)19-35)14-15-36(20)29(21-6-10-25(31)11-7-21)22-8-12-26(32)13-9-22;3-2(4,5)1(6)7/h2*2-13,20,27,29H,14-19,33H2,1H3;(H,6,7)/t2*20-,27-;/m00./s1. The molecule has 5 N–H and O–H groups in total. The molecule has 2 fully saturated rings. The van der Waals surface area contributed by atoms with Crippen LogP contribution in [0.5, 0.6) is 0 Å². The van der Waals surface area contributed by atoms with Gasteiger partial charge < -0.3 is 36.2 Å². The van der Waals surface area contributed by atoms with Crippen LogP contribution >= 0.6 is 0 Å². The number of fused-ring (bicyclic) bond motifs is 2. The first kappa shape index (κ1) is 61.1. The van der Waals surface area contributed by atoms with E-state index in [4.69, 9.17) is 21.4 Å². The van der Waals surface area contributed by atoms with Gasteiger partial charge in [0, 0.05) is 77.5 Å². The summed E-state index contributed by atoms with van der Waals surface area (Å²) in [5, 5.41) is 7.12. The van der Waals surface area contributed by atoms with Crippen molar-refractivity contribution in [3.05, 3.63) is 213 Å². The molecule has 4 aliphatic heterocycles. The van der Waals surface area contributed by atoms with Gasteiger partial charge in [0.15, 0.2) is 0 Å². The second-order valence-corrected chi connectivity index (χ2v) is 21.2. The third-order valence-electron chi connectivity index (χ3n) is 15.4. The second kappa shape index (κ2) is 26.9. The van der Waals surface area contributed by atoms with Crippen molar-refractivity contribution in [3.8, 4) is 0 Å². The second-order valence-electron chi connectivity index (χ2n) is 21.2. The Morgan fingerprint density at radius 3 is 0.940 bits per heavy atom. The molecule has 10 rings (SSSR count). The van der Waals surface area contributed by atoms with E-state index in [0.29, 0.717) is 65.4 Å².